The summed E-state index contributed by atoms with van der Waals surface area (Å²) in [5.41, 5.74) is 0. The second-order valence-electron chi connectivity index (χ2n) is 2.70. The number of hydrogen-bond donors (Lipinski definition) is 0. The summed E-state index contributed by atoms with van der Waals surface area (Å²) >= 11 is 11.0. The monoisotopic (exact) mass is 207 g/mol. The van der Waals surface area contributed by atoms with Gasteiger partial charge in [-0.3, -0.25) is 14.5 Å². The van der Waals surface area contributed by atoms with Gasteiger partial charge < -0.3 is 0 Å². The summed E-state index contributed by atoms with van der Waals surface area (Å²) in [5, 5.41) is -0.370. The van der Waals surface area contributed by atoms with Crippen LogP contribution in [0.5, 0.6) is 0 Å². The Morgan fingerprint density at radius 3 is 1.58 bits per heavy atom. The van der Waals surface area contributed by atoms with Gasteiger partial charge in [-0.15, -0.1) is 0 Å². The van der Waals surface area contributed by atoms with Crippen LogP contribution in [0, 0.1) is 0 Å². The van der Waals surface area contributed by atoms with Gasteiger partial charge in [0.15, 0.2) is 0 Å². The Balaban J connectivity index is 3.04. The van der Waals surface area contributed by atoms with Crippen LogP contribution in [0.2, 0.25) is 0 Å². The van der Waals surface area contributed by atoms with Gasteiger partial charge in [-0.25, -0.2) is 0 Å². The summed E-state index contributed by atoms with van der Waals surface area (Å²) in [7, 11) is 0. The molecular weight excluding hydrogens is 201 g/mol. The highest BCUT2D eigenvalue weighted by atomic mass is 35.5. The highest BCUT2D eigenvalue weighted by molar-refractivity contribution is 6.58. The third kappa shape index (κ3) is 1.23. The first-order chi connectivity index (χ1) is 5.46. The maximum absolute atomic E-state index is 11.2. The molecule has 5 heteroatoms. The number of imide groups is 1. The summed E-state index contributed by atoms with van der Waals surface area (Å²) in [5.74, 6) is -1.02. The van der Waals surface area contributed by atoms with Crippen LogP contribution in [0.25, 0.3) is 0 Å². The first-order valence-electron chi connectivity index (χ1n) is 3.40. The molecule has 0 N–H and O–H groups in total. The van der Waals surface area contributed by atoms with Crippen molar-refractivity contribution < 1.29 is 9.59 Å². The molecule has 12 heavy (non-hydrogen) atoms. The predicted octanol–water partition coefficient (Wildman–Crippen LogP) is 1.45. The minimum absolute atomic E-state index is 0.185. The summed E-state index contributed by atoms with van der Waals surface area (Å²) in [4.78, 5) is 23.4. The molecule has 0 atom stereocenters. The average Bonchev–Trinajstić information content (AvgIpc) is 2.16. The van der Waals surface area contributed by atoms with Crippen molar-refractivity contribution in [3.8, 4) is 0 Å². The molecule has 0 aromatic carbocycles. The Morgan fingerprint density at radius 1 is 1.08 bits per heavy atom. The number of hydrogen-bond acceptors (Lipinski definition) is 2. The van der Waals surface area contributed by atoms with Crippen molar-refractivity contribution in [2.45, 2.75) is 19.9 Å². The highest BCUT2D eigenvalue weighted by Crippen LogP contribution is 2.27. The smallest absolute Gasteiger partial charge is 0.270 e. The zero-order chi connectivity index (χ0) is 9.46. The van der Waals surface area contributed by atoms with Gasteiger partial charge in [-0.1, -0.05) is 23.2 Å². The summed E-state index contributed by atoms with van der Waals surface area (Å²) < 4.78 is 0. The fraction of sp³-hybridized carbons (Fsp3) is 0.429. The fourth-order valence-electron chi connectivity index (χ4n) is 0.961. The van der Waals surface area contributed by atoms with Crippen molar-refractivity contribution in [3.05, 3.63) is 10.1 Å². The number of nitrogens with zero attached hydrogens (tertiary/aromatic N) is 1. The highest BCUT2D eigenvalue weighted by Gasteiger charge is 2.37. The molecular formula is C7H7Cl2NO2. The van der Waals surface area contributed by atoms with E-state index in [9.17, 15) is 9.59 Å². The van der Waals surface area contributed by atoms with Gasteiger partial charge >= 0.3 is 0 Å². The van der Waals surface area contributed by atoms with Crippen molar-refractivity contribution in [1.29, 1.82) is 0 Å². The number of amides is 2. The molecule has 0 bridgehead atoms. The quantitative estimate of drug-likeness (QED) is 0.611. The third-order valence-corrected chi connectivity index (χ3v) is 2.32. The van der Waals surface area contributed by atoms with Gasteiger partial charge in [0, 0.05) is 6.04 Å². The first kappa shape index (κ1) is 9.55. The van der Waals surface area contributed by atoms with Gasteiger partial charge in [0.05, 0.1) is 0 Å². The number of rotatable bonds is 1. The lowest BCUT2D eigenvalue weighted by atomic mass is 10.3. The zero-order valence-corrected chi connectivity index (χ0v) is 8.11. The SMILES string of the molecule is CC(C)N1C(=O)C(Cl)=C(Cl)C1=O. The molecule has 0 spiro atoms. The van der Waals surface area contributed by atoms with E-state index in [1.807, 2.05) is 0 Å². The van der Waals surface area contributed by atoms with Crippen LogP contribution in [0.4, 0.5) is 0 Å². The lowest BCUT2D eigenvalue weighted by Crippen LogP contribution is -2.37. The molecule has 66 valence electrons. The summed E-state index contributed by atoms with van der Waals surface area (Å²) in [6.45, 7) is 3.44. The number of carbonyl (C=O) groups is 2. The predicted molar refractivity (Wildman–Crippen MR) is 45.7 cm³/mol. The maximum atomic E-state index is 11.2. The molecule has 2 amide bonds. The molecule has 0 aromatic heterocycles. The molecule has 0 aromatic rings. The van der Waals surface area contributed by atoms with Crippen molar-refractivity contribution in [1.82, 2.24) is 4.90 Å². The molecule has 1 aliphatic heterocycles. The van der Waals surface area contributed by atoms with Gasteiger partial charge in [-0.05, 0) is 13.8 Å². The number of halogens is 2. The standard InChI is InChI=1S/C7H7Cl2NO2/c1-3(2)10-6(11)4(8)5(9)7(10)12/h3H,1-2H3. The molecule has 0 saturated carbocycles. The van der Waals surface area contributed by atoms with E-state index in [1.54, 1.807) is 13.8 Å². The molecule has 0 aliphatic carbocycles. The Kier molecular flexibility index (Phi) is 2.44. The Bertz CT molecular complexity index is 259. The third-order valence-electron chi connectivity index (χ3n) is 1.52. The lowest BCUT2D eigenvalue weighted by molar-refractivity contribution is -0.138. The van der Waals surface area contributed by atoms with Crippen molar-refractivity contribution >= 4 is 35.0 Å². The average molecular weight is 208 g/mol. The van der Waals surface area contributed by atoms with Gasteiger partial charge in [0.2, 0.25) is 0 Å². The maximum Gasteiger partial charge on any atom is 0.274 e. The molecule has 0 saturated heterocycles. The van der Waals surface area contributed by atoms with E-state index in [-0.39, 0.29) is 16.1 Å². The lowest BCUT2D eigenvalue weighted by Gasteiger charge is -2.17. The molecule has 0 radical (unpaired) electrons. The second kappa shape index (κ2) is 3.07. The minimum atomic E-state index is -0.512. The van der Waals surface area contributed by atoms with Crippen LogP contribution >= 0.6 is 23.2 Å². The van der Waals surface area contributed by atoms with E-state index in [1.165, 1.54) is 0 Å². The van der Waals surface area contributed by atoms with E-state index in [2.05, 4.69) is 0 Å². The van der Waals surface area contributed by atoms with Crippen LogP contribution in [0.1, 0.15) is 13.8 Å². The number of carbonyl (C=O) groups excluding carboxylic acids is 2. The Labute approximate surface area is 79.9 Å². The summed E-state index contributed by atoms with van der Waals surface area (Å²) in [6, 6.07) is -0.213. The molecule has 3 nitrogen and oxygen atoms in total. The largest absolute Gasteiger partial charge is 0.274 e. The van der Waals surface area contributed by atoms with Crippen molar-refractivity contribution in [2.75, 3.05) is 0 Å². The molecule has 1 heterocycles. The zero-order valence-electron chi connectivity index (χ0n) is 6.60. The topological polar surface area (TPSA) is 37.4 Å². The normalized spacial score (nSPS) is 18.6. The van der Waals surface area contributed by atoms with Gasteiger partial charge in [0.1, 0.15) is 10.1 Å². The second-order valence-corrected chi connectivity index (χ2v) is 3.46. The van der Waals surface area contributed by atoms with Gasteiger partial charge in [-0.2, -0.15) is 0 Å². The van der Waals surface area contributed by atoms with E-state index in [4.69, 9.17) is 23.2 Å². The summed E-state index contributed by atoms with van der Waals surface area (Å²) in [6.07, 6.45) is 0. The van der Waals surface area contributed by atoms with Crippen LogP contribution < -0.4 is 0 Å². The van der Waals surface area contributed by atoms with Crippen LogP contribution in [0.3, 0.4) is 0 Å². The Hall–Kier alpha value is -0.540. The molecule has 0 unspecified atom stereocenters. The molecule has 1 aliphatic rings. The molecule has 0 fully saturated rings. The van der Waals surface area contributed by atoms with E-state index >= 15 is 0 Å². The molecule has 1 rings (SSSR count). The fourth-order valence-corrected chi connectivity index (χ4v) is 1.30. The van der Waals surface area contributed by atoms with E-state index in [0.717, 1.165) is 4.90 Å². The van der Waals surface area contributed by atoms with E-state index in [0.29, 0.717) is 0 Å². The van der Waals surface area contributed by atoms with Crippen molar-refractivity contribution in [2.24, 2.45) is 0 Å². The van der Waals surface area contributed by atoms with Crippen LogP contribution in [-0.2, 0) is 9.59 Å². The van der Waals surface area contributed by atoms with E-state index < -0.39 is 11.8 Å². The Morgan fingerprint density at radius 2 is 1.42 bits per heavy atom. The van der Waals surface area contributed by atoms with Crippen molar-refractivity contribution in [3.63, 3.8) is 0 Å². The minimum Gasteiger partial charge on any atom is -0.270 e. The van der Waals surface area contributed by atoms with Gasteiger partial charge in [0.25, 0.3) is 11.8 Å². The van der Waals surface area contributed by atoms with Crippen LogP contribution in [0.15, 0.2) is 10.1 Å². The van der Waals surface area contributed by atoms with Crippen LogP contribution in [-0.4, -0.2) is 22.8 Å². The first-order valence-corrected chi connectivity index (χ1v) is 4.15.